The lowest BCUT2D eigenvalue weighted by Gasteiger charge is -2.19. The number of carbonyl (C=O) groups excluding carboxylic acids is 2. The maximum atomic E-state index is 12.2. The molecule has 0 heterocycles. The Bertz CT molecular complexity index is 385. The minimum Gasteiger partial charge on any atom is -0.464 e. The number of hydrogen-bond donors (Lipinski definition) is 1. The van der Waals surface area contributed by atoms with Crippen LogP contribution < -0.4 is 5.32 Å². The van der Waals surface area contributed by atoms with Crippen molar-refractivity contribution in [2.75, 3.05) is 13.2 Å². The molecule has 1 amide bonds. The first-order chi connectivity index (χ1) is 13.5. The largest absolute Gasteiger partial charge is 0.464 e. The van der Waals surface area contributed by atoms with E-state index in [9.17, 15) is 9.59 Å². The average Bonchev–Trinajstić information content (AvgIpc) is 2.64. The predicted molar refractivity (Wildman–Crippen MR) is 115 cm³/mol. The van der Waals surface area contributed by atoms with Crippen molar-refractivity contribution in [2.45, 2.75) is 117 Å². The highest BCUT2D eigenvalue weighted by Gasteiger charge is 2.23. The molecule has 0 spiro atoms. The lowest BCUT2D eigenvalue weighted by Crippen LogP contribution is -2.43. The van der Waals surface area contributed by atoms with Gasteiger partial charge in [-0.2, -0.15) is 0 Å². The van der Waals surface area contributed by atoms with Gasteiger partial charge < -0.3 is 14.8 Å². The Morgan fingerprint density at radius 2 is 1.25 bits per heavy atom. The van der Waals surface area contributed by atoms with E-state index in [0.29, 0.717) is 13.0 Å². The van der Waals surface area contributed by atoms with E-state index < -0.39 is 12.1 Å². The SMILES string of the molecule is CCCCCCCCCCCCCCOC(=O)C(CC(C)C)NC(=O)OCC. The minimum absolute atomic E-state index is 0.283. The first-order valence-corrected chi connectivity index (χ1v) is 11.6. The van der Waals surface area contributed by atoms with E-state index in [1.807, 2.05) is 13.8 Å². The number of esters is 1. The Labute approximate surface area is 173 Å². The van der Waals surface area contributed by atoms with Crippen molar-refractivity contribution in [1.82, 2.24) is 5.32 Å². The normalized spacial score (nSPS) is 12.0. The molecule has 5 heteroatoms. The summed E-state index contributed by atoms with van der Waals surface area (Å²) in [6, 6.07) is -0.628. The molecule has 0 saturated carbocycles. The van der Waals surface area contributed by atoms with Gasteiger partial charge >= 0.3 is 12.1 Å². The topological polar surface area (TPSA) is 64.6 Å². The summed E-state index contributed by atoms with van der Waals surface area (Å²) in [4.78, 5) is 23.8. The number of carbonyl (C=O) groups is 2. The van der Waals surface area contributed by atoms with Crippen LogP contribution in [-0.2, 0) is 14.3 Å². The maximum absolute atomic E-state index is 12.2. The van der Waals surface area contributed by atoms with Crippen molar-refractivity contribution >= 4 is 12.1 Å². The van der Waals surface area contributed by atoms with Gasteiger partial charge in [0.15, 0.2) is 0 Å². The highest BCUT2D eigenvalue weighted by atomic mass is 16.6. The van der Waals surface area contributed by atoms with E-state index in [0.717, 1.165) is 12.8 Å². The van der Waals surface area contributed by atoms with Crippen LogP contribution in [0.15, 0.2) is 0 Å². The molecule has 0 fully saturated rings. The third-order valence-electron chi connectivity index (χ3n) is 4.80. The molecule has 0 aromatic heterocycles. The van der Waals surface area contributed by atoms with Crippen molar-refractivity contribution < 1.29 is 19.1 Å². The second-order valence-electron chi connectivity index (χ2n) is 8.10. The molecule has 1 N–H and O–H groups in total. The van der Waals surface area contributed by atoms with Crippen LogP contribution in [-0.4, -0.2) is 31.3 Å². The fraction of sp³-hybridized carbons (Fsp3) is 0.913. The third-order valence-corrected chi connectivity index (χ3v) is 4.80. The van der Waals surface area contributed by atoms with Gasteiger partial charge in [-0.05, 0) is 25.7 Å². The summed E-state index contributed by atoms with van der Waals surface area (Å²) >= 11 is 0. The Morgan fingerprint density at radius 1 is 0.750 bits per heavy atom. The lowest BCUT2D eigenvalue weighted by molar-refractivity contribution is -0.146. The smallest absolute Gasteiger partial charge is 0.407 e. The third kappa shape index (κ3) is 16.9. The van der Waals surface area contributed by atoms with Gasteiger partial charge in [0.1, 0.15) is 6.04 Å². The number of hydrogen-bond acceptors (Lipinski definition) is 4. The number of alkyl carbamates (subject to hydrolysis) is 1. The first kappa shape index (κ1) is 26.7. The van der Waals surface area contributed by atoms with Gasteiger partial charge in [0.05, 0.1) is 13.2 Å². The number of nitrogens with one attached hydrogen (secondary N) is 1. The Balaban J connectivity index is 3.70. The summed E-state index contributed by atoms with van der Waals surface area (Å²) in [7, 11) is 0. The van der Waals surface area contributed by atoms with E-state index in [2.05, 4.69) is 12.2 Å². The fourth-order valence-electron chi connectivity index (χ4n) is 3.22. The molecule has 0 aromatic rings. The van der Waals surface area contributed by atoms with Crippen LogP contribution >= 0.6 is 0 Å². The maximum Gasteiger partial charge on any atom is 0.407 e. The fourth-order valence-corrected chi connectivity index (χ4v) is 3.22. The molecule has 0 aliphatic rings. The van der Waals surface area contributed by atoms with Crippen LogP contribution in [0, 0.1) is 5.92 Å². The summed E-state index contributed by atoms with van der Waals surface area (Å²) in [5, 5.41) is 2.61. The second-order valence-corrected chi connectivity index (χ2v) is 8.10. The van der Waals surface area contributed by atoms with Crippen molar-refractivity contribution in [2.24, 2.45) is 5.92 Å². The highest BCUT2D eigenvalue weighted by molar-refractivity contribution is 5.81. The monoisotopic (exact) mass is 399 g/mol. The van der Waals surface area contributed by atoms with Crippen LogP contribution in [0.2, 0.25) is 0 Å². The number of ether oxygens (including phenoxy) is 2. The van der Waals surface area contributed by atoms with Gasteiger partial charge in [-0.1, -0.05) is 91.4 Å². The average molecular weight is 400 g/mol. The van der Waals surface area contributed by atoms with Crippen LogP contribution in [0.5, 0.6) is 0 Å². The minimum atomic E-state index is -0.628. The van der Waals surface area contributed by atoms with Crippen molar-refractivity contribution in [3.63, 3.8) is 0 Å². The van der Waals surface area contributed by atoms with E-state index >= 15 is 0 Å². The van der Waals surface area contributed by atoms with E-state index in [1.165, 1.54) is 64.2 Å². The van der Waals surface area contributed by atoms with Crippen LogP contribution in [0.1, 0.15) is 111 Å². The van der Waals surface area contributed by atoms with Crippen LogP contribution in [0.4, 0.5) is 4.79 Å². The van der Waals surface area contributed by atoms with Crippen LogP contribution in [0.3, 0.4) is 0 Å². The Hall–Kier alpha value is -1.26. The molecule has 28 heavy (non-hydrogen) atoms. The van der Waals surface area contributed by atoms with Gasteiger partial charge in [0.2, 0.25) is 0 Å². The zero-order valence-corrected chi connectivity index (χ0v) is 18.9. The molecule has 0 aromatic carbocycles. The first-order valence-electron chi connectivity index (χ1n) is 11.6. The molecule has 0 radical (unpaired) electrons. The molecule has 1 atom stereocenters. The summed E-state index contributed by atoms with van der Waals surface area (Å²) in [5.74, 6) is -0.0732. The van der Waals surface area contributed by atoms with Crippen LogP contribution in [0.25, 0.3) is 0 Å². The van der Waals surface area contributed by atoms with Gasteiger partial charge in [0, 0.05) is 0 Å². The molecular weight excluding hydrogens is 354 g/mol. The summed E-state index contributed by atoms with van der Waals surface area (Å²) in [5.41, 5.74) is 0. The molecular formula is C23H45NO4. The van der Waals surface area contributed by atoms with Gasteiger partial charge in [-0.25, -0.2) is 9.59 Å². The van der Waals surface area contributed by atoms with Gasteiger partial charge in [-0.3, -0.25) is 0 Å². The van der Waals surface area contributed by atoms with Crippen molar-refractivity contribution in [3.05, 3.63) is 0 Å². The Morgan fingerprint density at radius 3 is 1.71 bits per heavy atom. The second kappa shape index (κ2) is 19.1. The van der Waals surface area contributed by atoms with E-state index in [1.54, 1.807) is 6.92 Å². The molecule has 5 nitrogen and oxygen atoms in total. The summed E-state index contributed by atoms with van der Waals surface area (Å²) in [6.45, 7) is 8.73. The quantitative estimate of drug-likeness (QED) is 0.214. The van der Waals surface area contributed by atoms with E-state index in [-0.39, 0.29) is 18.5 Å². The molecule has 1 unspecified atom stereocenters. The van der Waals surface area contributed by atoms with Gasteiger partial charge in [0.25, 0.3) is 0 Å². The molecule has 0 bridgehead atoms. The standard InChI is InChI=1S/C23H45NO4/c1-5-7-8-9-10-11-12-13-14-15-16-17-18-28-22(25)21(19-20(3)4)24-23(26)27-6-2/h20-21H,5-19H2,1-4H3,(H,24,26). The van der Waals surface area contributed by atoms with Crippen molar-refractivity contribution in [1.29, 1.82) is 0 Å². The number of unbranched alkanes of at least 4 members (excludes halogenated alkanes) is 11. The zero-order chi connectivity index (χ0) is 21.0. The van der Waals surface area contributed by atoms with Crippen molar-refractivity contribution in [3.8, 4) is 0 Å². The molecule has 0 saturated heterocycles. The number of rotatable bonds is 18. The summed E-state index contributed by atoms with van der Waals surface area (Å²) < 4.78 is 10.2. The van der Waals surface area contributed by atoms with E-state index in [4.69, 9.17) is 9.47 Å². The zero-order valence-electron chi connectivity index (χ0n) is 18.9. The number of amides is 1. The molecule has 0 rings (SSSR count). The molecule has 0 aliphatic carbocycles. The predicted octanol–water partition coefficient (Wildman–Crippen LogP) is 6.39. The lowest BCUT2D eigenvalue weighted by atomic mass is 10.0. The van der Waals surface area contributed by atoms with Gasteiger partial charge in [-0.15, -0.1) is 0 Å². The highest BCUT2D eigenvalue weighted by Crippen LogP contribution is 2.12. The molecule has 166 valence electrons. The Kier molecular flexibility index (Phi) is 18.2. The summed E-state index contributed by atoms with van der Waals surface area (Å²) in [6.07, 6.45) is 15.3. The molecule has 0 aliphatic heterocycles.